The zero-order valence-electron chi connectivity index (χ0n) is 6.63. The van der Waals surface area contributed by atoms with Crippen molar-refractivity contribution in [3.05, 3.63) is 41.3 Å². The molecule has 1 radical (unpaired) electrons. The molecule has 0 fully saturated rings. The summed E-state index contributed by atoms with van der Waals surface area (Å²) in [6.45, 7) is 3.67. The summed E-state index contributed by atoms with van der Waals surface area (Å²) in [5, 5.41) is 0.370. The number of rotatable bonds is 1. The van der Waals surface area contributed by atoms with E-state index in [4.69, 9.17) is 11.6 Å². The van der Waals surface area contributed by atoms with Crippen molar-refractivity contribution in [2.24, 2.45) is 0 Å². The largest absolute Gasteiger partial charge is 0.465 e. The third-order valence-corrected chi connectivity index (χ3v) is 1.75. The van der Waals surface area contributed by atoms with E-state index in [-0.39, 0.29) is 0 Å². The number of hydrogen-bond donors (Lipinski definition) is 0. The SMILES string of the molecule is [CH2]c1ccc(C(=O)OC)c(Cl)c1. The highest BCUT2D eigenvalue weighted by atomic mass is 35.5. The number of benzene rings is 1. The van der Waals surface area contributed by atoms with Gasteiger partial charge in [-0.25, -0.2) is 4.79 Å². The second-order valence-corrected chi connectivity index (χ2v) is 2.71. The fourth-order valence-electron chi connectivity index (χ4n) is 0.834. The minimum Gasteiger partial charge on any atom is -0.465 e. The van der Waals surface area contributed by atoms with Crippen LogP contribution in [0.25, 0.3) is 0 Å². The highest BCUT2D eigenvalue weighted by Gasteiger charge is 2.09. The molecular weight excluding hydrogens is 176 g/mol. The monoisotopic (exact) mass is 183 g/mol. The minimum absolute atomic E-state index is 0.367. The highest BCUT2D eigenvalue weighted by molar-refractivity contribution is 6.33. The normalized spacial score (nSPS) is 9.58. The maximum atomic E-state index is 11.0. The van der Waals surface area contributed by atoms with E-state index < -0.39 is 5.97 Å². The number of ether oxygens (including phenoxy) is 1. The van der Waals surface area contributed by atoms with Gasteiger partial charge >= 0.3 is 5.97 Å². The quantitative estimate of drug-likeness (QED) is 0.625. The Balaban J connectivity index is 3.09. The molecule has 0 aliphatic carbocycles. The summed E-state index contributed by atoms with van der Waals surface area (Å²) in [5.74, 6) is -0.431. The summed E-state index contributed by atoms with van der Waals surface area (Å²) in [7, 11) is 1.32. The van der Waals surface area contributed by atoms with Gasteiger partial charge in [-0.15, -0.1) is 0 Å². The Morgan fingerprint density at radius 1 is 1.58 bits per heavy atom. The topological polar surface area (TPSA) is 26.3 Å². The van der Waals surface area contributed by atoms with Crippen molar-refractivity contribution in [1.82, 2.24) is 0 Å². The summed E-state index contributed by atoms with van der Waals surface area (Å²) in [4.78, 5) is 11.0. The molecule has 0 aromatic heterocycles. The molecule has 0 saturated carbocycles. The van der Waals surface area contributed by atoms with E-state index in [0.29, 0.717) is 10.6 Å². The van der Waals surface area contributed by atoms with E-state index in [1.54, 1.807) is 18.2 Å². The zero-order chi connectivity index (χ0) is 9.14. The first-order chi connectivity index (χ1) is 5.65. The van der Waals surface area contributed by atoms with Gasteiger partial charge in [0.25, 0.3) is 0 Å². The lowest BCUT2D eigenvalue weighted by Gasteiger charge is -2.01. The van der Waals surface area contributed by atoms with Gasteiger partial charge in [0.1, 0.15) is 0 Å². The lowest BCUT2D eigenvalue weighted by molar-refractivity contribution is 0.0601. The number of halogens is 1. The van der Waals surface area contributed by atoms with Gasteiger partial charge in [-0.05, 0) is 24.6 Å². The van der Waals surface area contributed by atoms with Gasteiger partial charge in [-0.1, -0.05) is 17.7 Å². The molecule has 1 aromatic carbocycles. The number of carbonyl (C=O) groups is 1. The van der Waals surface area contributed by atoms with E-state index >= 15 is 0 Å². The number of esters is 1. The molecule has 2 nitrogen and oxygen atoms in total. The van der Waals surface area contributed by atoms with Crippen molar-refractivity contribution in [3.63, 3.8) is 0 Å². The average molecular weight is 184 g/mol. The van der Waals surface area contributed by atoms with Crippen molar-refractivity contribution in [3.8, 4) is 0 Å². The molecule has 63 valence electrons. The smallest absolute Gasteiger partial charge is 0.339 e. The summed E-state index contributed by atoms with van der Waals surface area (Å²) in [5.41, 5.74) is 1.14. The van der Waals surface area contributed by atoms with Crippen LogP contribution in [-0.2, 0) is 4.74 Å². The molecular formula is C9H8ClO2. The van der Waals surface area contributed by atoms with Gasteiger partial charge in [0.15, 0.2) is 0 Å². The van der Waals surface area contributed by atoms with Crippen molar-refractivity contribution < 1.29 is 9.53 Å². The van der Waals surface area contributed by atoms with Crippen molar-refractivity contribution in [2.75, 3.05) is 7.11 Å². The maximum Gasteiger partial charge on any atom is 0.339 e. The van der Waals surface area contributed by atoms with E-state index in [9.17, 15) is 4.79 Å². The van der Waals surface area contributed by atoms with Gasteiger partial charge in [0, 0.05) is 0 Å². The first-order valence-corrected chi connectivity index (χ1v) is 3.73. The van der Waals surface area contributed by atoms with Gasteiger partial charge in [0.05, 0.1) is 17.7 Å². The maximum absolute atomic E-state index is 11.0. The zero-order valence-corrected chi connectivity index (χ0v) is 7.39. The minimum atomic E-state index is -0.431. The van der Waals surface area contributed by atoms with Crippen LogP contribution in [0.3, 0.4) is 0 Å². The van der Waals surface area contributed by atoms with E-state index in [1.807, 2.05) is 0 Å². The molecule has 0 N–H and O–H groups in total. The van der Waals surface area contributed by atoms with Gasteiger partial charge < -0.3 is 4.74 Å². The van der Waals surface area contributed by atoms with Crippen molar-refractivity contribution >= 4 is 17.6 Å². The van der Waals surface area contributed by atoms with Gasteiger partial charge in [-0.3, -0.25) is 0 Å². The molecule has 12 heavy (non-hydrogen) atoms. The number of hydrogen-bond acceptors (Lipinski definition) is 2. The van der Waals surface area contributed by atoms with Gasteiger partial charge in [-0.2, -0.15) is 0 Å². The van der Waals surface area contributed by atoms with Gasteiger partial charge in [0.2, 0.25) is 0 Å². The summed E-state index contributed by atoms with van der Waals surface area (Å²) >= 11 is 5.76. The Morgan fingerprint density at radius 3 is 2.75 bits per heavy atom. The molecule has 0 aliphatic heterocycles. The van der Waals surface area contributed by atoms with Crippen LogP contribution in [0.1, 0.15) is 15.9 Å². The Kier molecular flexibility index (Phi) is 2.71. The second kappa shape index (κ2) is 3.59. The van der Waals surface area contributed by atoms with E-state index in [1.165, 1.54) is 7.11 Å². The standard InChI is InChI=1S/C9H8ClO2/c1-6-3-4-7(8(10)5-6)9(11)12-2/h3-5H,1H2,2H3. The second-order valence-electron chi connectivity index (χ2n) is 2.31. The molecule has 0 amide bonds. The third kappa shape index (κ3) is 1.77. The first-order valence-electron chi connectivity index (χ1n) is 3.35. The lowest BCUT2D eigenvalue weighted by atomic mass is 10.1. The predicted molar refractivity (Wildman–Crippen MR) is 47.3 cm³/mol. The van der Waals surface area contributed by atoms with Crippen LogP contribution in [0.15, 0.2) is 18.2 Å². The van der Waals surface area contributed by atoms with E-state index in [0.717, 1.165) is 5.56 Å². The molecule has 3 heteroatoms. The molecule has 0 spiro atoms. The van der Waals surface area contributed by atoms with E-state index in [2.05, 4.69) is 11.7 Å². The van der Waals surface area contributed by atoms with Crippen LogP contribution in [-0.4, -0.2) is 13.1 Å². The molecule has 0 unspecified atom stereocenters. The van der Waals surface area contributed by atoms with Crippen LogP contribution < -0.4 is 0 Å². The van der Waals surface area contributed by atoms with Crippen molar-refractivity contribution in [2.45, 2.75) is 0 Å². The highest BCUT2D eigenvalue weighted by Crippen LogP contribution is 2.17. The molecule has 0 aliphatic rings. The molecule has 0 atom stereocenters. The number of carbonyl (C=O) groups excluding carboxylic acids is 1. The lowest BCUT2D eigenvalue weighted by Crippen LogP contribution is -2.01. The molecule has 1 aromatic rings. The van der Waals surface area contributed by atoms with Crippen LogP contribution in [0.5, 0.6) is 0 Å². The Hall–Kier alpha value is -1.02. The summed E-state index contributed by atoms with van der Waals surface area (Å²) in [6.07, 6.45) is 0. The van der Waals surface area contributed by atoms with Crippen LogP contribution in [0, 0.1) is 6.92 Å². The Morgan fingerprint density at radius 2 is 2.25 bits per heavy atom. The molecule has 1 rings (SSSR count). The molecule has 0 heterocycles. The predicted octanol–water partition coefficient (Wildman–Crippen LogP) is 2.31. The number of methoxy groups -OCH3 is 1. The fraction of sp³-hybridized carbons (Fsp3) is 0.111. The fourth-order valence-corrected chi connectivity index (χ4v) is 1.11. The first kappa shape index (κ1) is 9.07. The van der Waals surface area contributed by atoms with Crippen molar-refractivity contribution in [1.29, 1.82) is 0 Å². The summed E-state index contributed by atoms with van der Waals surface area (Å²) in [6, 6.07) is 4.92. The average Bonchev–Trinajstić information content (AvgIpc) is 2.03. The third-order valence-electron chi connectivity index (χ3n) is 1.44. The van der Waals surface area contributed by atoms with Crippen LogP contribution >= 0.6 is 11.6 Å². The van der Waals surface area contributed by atoms with Crippen LogP contribution in [0.2, 0.25) is 5.02 Å². The summed E-state index contributed by atoms with van der Waals surface area (Å²) < 4.78 is 4.51. The van der Waals surface area contributed by atoms with Crippen LogP contribution in [0.4, 0.5) is 0 Å². The Bertz CT molecular complexity index is 307. The molecule has 0 bridgehead atoms. The molecule has 0 saturated heterocycles. The Labute approximate surface area is 76.1 Å².